The number of nitrogens with zero attached hydrogens (tertiary/aromatic N) is 2. The van der Waals surface area contributed by atoms with Gasteiger partial charge >= 0.3 is 5.97 Å². The minimum Gasteiger partial charge on any atom is -0.465 e. The maximum absolute atomic E-state index is 12.9. The standard InChI is InChI=1S/C17H22N2O5S/c1-11-8-15(18(10-11)25(23)17(2,3)4)13-9-12(16(20)24-5)6-7-14(13)19(21)22/h6-7,9,15H,1,8,10H2,2-5H3/t15-,25+/m0/s1. The first-order valence-electron chi connectivity index (χ1n) is 7.78. The first-order chi connectivity index (χ1) is 11.6. The molecule has 1 heterocycles. The van der Waals surface area contributed by atoms with E-state index in [1.165, 1.54) is 25.3 Å². The maximum atomic E-state index is 12.9. The lowest BCUT2D eigenvalue weighted by Crippen LogP contribution is -2.37. The Bertz CT molecular complexity index is 754. The Balaban J connectivity index is 2.56. The summed E-state index contributed by atoms with van der Waals surface area (Å²) in [4.78, 5) is 22.8. The summed E-state index contributed by atoms with van der Waals surface area (Å²) >= 11 is 0. The molecule has 1 saturated heterocycles. The number of hydrogen-bond acceptors (Lipinski definition) is 5. The molecule has 7 nitrogen and oxygen atoms in total. The molecule has 0 amide bonds. The van der Waals surface area contributed by atoms with Crippen LogP contribution in [0.4, 0.5) is 5.69 Å². The number of rotatable bonds is 4. The van der Waals surface area contributed by atoms with Crippen molar-refractivity contribution in [2.45, 2.75) is 38.0 Å². The number of carbonyl (C=O) groups is 1. The Morgan fingerprint density at radius 1 is 1.44 bits per heavy atom. The van der Waals surface area contributed by atoms with Crippen molar-refractivity contribution in [3.05, 3.63) is 51.6 Å². The van der Waals surface area contributed by atoms with Crippen LogP contribution in [0.1, 0.15) is 49.2 Å². The van der Waals surface area contributed by atoms with Crippen LogP contribution in [0, 0.1) is 10.1 Å². The lowest BCUT2D eigenvalue weighted by molar-refractivity contribution is -0.385. The first-order valence-corrected chi connectivity index (χ1v) is 8.89. The summed E-state index contributed by atoms with van der Waals surface area (Å²) in [6, 6.07) is 3.64. The van der Waals surface area contributed by atoms with Crippen molar-refractivity contribution in [2.75, 3.05) is 13.7 Å². The van der Waals surface area contributed by atoms with Gasteiger partial charge in [0.15, 0.2) is 0 Å². The van der Waals surface area contributed by atoms with Gasteiger partial charge < -0.3 is 4.74 Å². The van der Waals surface area contributed by atoms with E-state index >= 15 is 0 Å². The van der Waals surface area contributed by atoms with Gasteiger partial charge in [-0.3, -0.25) is 10.1 Å². The average molecular weight is 366 g/mol. The van der Waals surface area contributed by atoms with E-state index in [2.05, 4.69) is 6.58 Å². The van der Waals surface area contributed by atoms with Gasteiger partial charge in [-0.2, -0.15) is 0 Å². The minimum absolute atomic E-state index is 0.108. The molecule has 0 bridgehead atoms. The lowest BCUT2D eigenvalue weighted by atomic mass is 9.99. The molecule has 1 aliphatic rings. The van der Waals surface area contributed by atoms with Gasteiger partial charge in [0, 0.05) is 18.2 Å². The van der Waals surface area contributed by atoms with Gasteiger partial charge in [0.2, 0.25) is 0 Å². The van der Waals surface area contributed by atoms with Crippen LogP contribution in [0.5, 0.6) is 0 Å². The highest BCUT2D eigenvalue weighted by Gasteiger charge is 2.40. The van der Waals surface area contributed by atoms with E-state index in [9.17, 15) is 19.1 Å². The predicted molar refractivity (Wildman–Crippen MR) is 95.5 cm³/mol. The van der Waals surface area contributed by atoms with Crippen molar-refractivity contribution in [3.8, 4) is 0 Å². The highest BCUT2D eigenvalue weighted by molar-refractivity contribution is 7.84. The molecular formula is C17H22N2O5S. The second-order valence-electron chi connectivity index (χ2n) is 6.93. The molecule has 0 aromatic heterocycles. The third-order valence-corrected chi connectivity index (χ3v) is 5.81. The zero-order chi connectivity index (χ0) is 18.9. The van der Waals surface area contributed by atoms with Crippen molar-refractivity contribution in [1.29, 1.82) is 0 Å². The minimum atomic E-state index is -1.37. The molecule has 2 rings (SSSR count). The Hall–Kier alpha value is -2.06. The fourth-order valence-electron chi connectivity index (χ4n) is 2.79. The summed E-state index contributed by atoms with van der Waals surface area (Å²) < 4.78 is 18.8. The predicted octanol–water partition coefficient (Wildman–Crippen LogP) is 3.15. The molecule has 1 aliphatic heterocycles. The highest BCUT2D eigenvalue weighted by atomic mass is 32.2. The van der Waals surface area contributed by atoms with E-state index < -0.39 is 32.7 Å². The lowest BCUT2D eigenvalue weighted by Gasteiger charge is -2.30. The molecular weight excluding hydrogens is 344 g/mol. The van der Waals surface area contributed by atoms with E-state index in [1.54, 1.807) is 4.31 Å². The topological polar surface area (TPSA) is 89.8 Å². The third kappa shape index (κ3) is 3.96. The van der Waals surface area contributed by atoms with Crippen LogP contribution in [-0.2, 0) is 15.7 Å². The first kappa shape index (κ1) is 19.3. The van der Waals surface area contributed by atoms with Crippen LogP contribution < -0.4 is 0 Å². The number of benzene rings is 1. The molecule has 0 spiro atoms. The summed E-state index contributed by atoms with van der Waals surface area (Å²) in [5.41, 5.74) is 1.31. The zero-order valence-electron chi connectivity index (χ0n) is 14.8. The maximum Gasteiger partial charge on any atom is 0.337 e. The Kier molecular flexibility index (Phi) is 5.43. The van der Waals surface area contributed by atoms with Crippen molar-refractivity contribution < 1.29 is 18.7 Å². The molecule has 0 unspecified atom stereocenters. The van der Waals surface area contributed by atoms with Crippen LogP contribution >= 0.6 is 0 Å². The van der Waals surface area contributed by atoms with Gasteiger partial charge in [0.25, 0.3) is 5.69 Å². The summed E-state index contributed by atoms with van der Waals surface area (Å²) in [6.07, 6.45) is 0.452. The van der Waals surface area contributed by atoms with Crippen LogP contribution in [0.15, 0.2) is 30.4 Å². The van der Waals surface area contributed by atoms with Gasteiger partial charge in [-0.05, 0) is 39.3 Å². The fourth-order valence-corrected chi connectivity index (χ4v) is 4.22. The second kappa shape index (κ2) is 7.05. The summed E-state index contributed by atoms with van der Waals surface area (Å²) in [6.45, 7) is 9.90. The number of nitro benzene ring substituents is 1. The highest BCUT2D eigenvalue weighted by Crippen LogP contribution is 2.41. The zero-order valence-corrected chi connectivity index (χ0v) is 15.6. The van der Waals surface area contributed by atoms with Gasteiger partial charge in [-0.15, -0.1) is 0 Å². The number of hydrogen-bond donors (Lipinski definition) is 0. The van der Waals surface area contributed by atoms with E-state index in [1.807, 2.05) is 20.8 Å². The Morgan fingerprint density at radius 3 is 2.60 bits per heavy atom. The van der Waals surface area contributed by atoms with Crippen molar-refractivity contribution >= 4 is 22.6 Å². The second-order valence-corrected chi connectivity index (χ2v) is 9.12. The molecule has 0 aliphatic carbocycles. The monoisotopic (exact) mass is 366 g/mol. The Labute approximate surface area is 149 Å². The van der Waals surface area contributed by atoms with Crippen LogP contribution in [0.2, 0.25) is 0 Å². The van der Waals surface area contributed by atoms with Crippen molar-refractivity contribution in [1.82, 2.24) is 4.31 Å². The quantitative estimate of drug-likeness (QED) is 0.353. The largest absolute Gasteiger partial charge is 0.465 e. The van der Waals surface area contributed by atoms with Crippen molar-refractivity contribution in [2.24, 2.45) is 0 Å². The Morgan fingerprint density at radius 2 is 2.08 bits per heavy atom. The number of esters is 1. The summed E-state index contributed by atoms with van der Waals surface area (Å²) in [7, 11) is -0.119. The van der Waals surface area contributed by atoms with Gasteiger partial charge in [0.05, 0.1) is 28.4 Å². The van der Waals surface area contributed by atoms with Crippen molar-refractivity contribution in [3.63, 3.8) is 0 Å². The molecule has 1 aromatic rings. The fraction of sp³-hybridized carbons (Fsp3) is 0.471. The molecule has 2 atom stereocenters. The van der Waals surface area contributed by atoms with Gasteiger partial charge in [-0.1, -0.05) is 12.2 Å². The molecule has 8 heteroatoms. The van der Waals surface area contributed by atoms with E-state index in [-0.39, 0.29) is 11.3 Å². The van der Waals surface area contributed by atoms with E-state index in [0.717, 1.165) is 5.57 Å². The normalized spacial score (nSPS) is 19.7. The van der Waals surface area contributed by atoms with Crippen LogP contribution in [0.25, 0.3) is 0 Å². The molecule has 0 saturated carbocycles. The molecule has 1 aromatic carbocycles. The average Bonchev–Trinajstić information content (AvgIpc) is 2.93. The molecule has 0 radical (unpaired) electrons. The number of ether oxygens (including phenoxy) is 1. The third-order valence-electron chi connectivity index (χ3n) is 3.95. The number of methoxy groups -OCH3 is 1. The van der Waals surface area contributed by atoms with Gasteiger partial charge in [-0.25, -0.2) is 13.3 Å². The van der Waals surface area contributed by atoms with E-state index in [0.29, 0.717) is 18.5 Å². The summed E-state index contributed by atoms with van der Waals surface area (Å²) in [5, 5.41) is 11.5. The van der Waals surface area contributed by atoms with Gasteiger partial charge in [0.1, 0.15) is 11.0 Å². The SMILES string of the molecule is C=C1C[C@@H](c2cc(C(=O)OC)ccc2[N+](=O)[O-])N([S@](=O)C(C)(C)C)C1. The molecule has 0 N–H and O–H groups in total. The molecule has 136 valence electrons. The molecule has 1 fully saturated rings. The van der Waals surface area contributed by atoms with Crippen LogP contribution in [-0.4, -0.2) is 37.8 Å². The van der Waals surface area contributed by atoms with E-state index in [4.69, 9.17) is 4.74 Å². The smallest absolute Gasteiger partial charge is 0.337 e. The summed E-state index contributed by atoms with van der Waals surface area (Å²) in [5.74, 6) is -0.573. The molecule has 25 heavy (non-hydrogen) atoms. The number of nitro groups is 1. The number of carbonyl (C=O) groups excluding carboxylic acids is 1. The van der Waals surface area contributed by atoms with Crippen LogP contribution in [0.3, 0.4) is 0 Å².